The van der Waals surface area contributed by atoms with Crippen LogP contribution in [-0.4, -0.2) is 154 Å². The average molecular weight is 775 g/mol. The maximum Gasteiger partial charge on any atom is 0.328 e. The van der Waals surface area contributed by atoms with Crippen LogP contribution in [0.2, 0.25) is 0 Å². The predicted molar refractivity (Wildman–Crippen MR) is 183 cm³/mol. The van der Waals surface area contributed by atoms with Crippen molar-refractivity contribution in [3.8, 4) is 0 Å². The highest BCUT2D eigenvalue weighted by atomic mass is 16.4. The topological polar surface area (TPSA) is 356 Å². The molecule has 0 aliphatic heterocycles. The predicted octanol–water partition coefficient (Wildman–Crippen LogP) is -4.30. The van der Waals surface area contributed by atoms with Gasteiger partial charge >= 0.3 is 23.9 Å². The van der Waals surface area contributed by atoms with Crippen LogP contribution in [0.15, 0.2) is 0 Å². The van der Waals surface area contributed by atoms with Gasteiger partial charge in [-0.3, -0.25) is 52.8 Å². The maximum absolute atomic E-state index is 13.5. The first-order valence-corrected chi connectivity index (χ1v) is 16.8. The van der Waals surface area contributed by atoms with Crippen molar-refractivity contribution < 1.29 is 73.2 Å². The van der Waals surface area contributed by atoms with Crippen LogP contribution >= 0.6 is 0 Å². The lowest BCUT2D eigenvalue weighted by molar-refractivity contribution is -0.148. The van der Waals surface area contributed by atoms with E-state index in [9.17, 15) is 63.0 Å². The SMILES string of the molecule is CCC(=O)N(CC(=O)NC[C@H](NC(=O)[C@H](CCC(=O)O)NC)C(=O)NC(CCC(=O)O)C(=O)NCC(NC(=O)[C@H](CCC(=O)O)NC)C(=O)O)C(=O)CC. The third-order valence-electron chi connectivity index (χ3n) is 7.64. The number of nitrogens with one attached hydrogen (secondary N) is 7. The summed E-state index contributed by atoms with van der Waals surface area (Å²) in [5.41, 5.74) is 0. The Hall–Kier alpha value is -5.71. The summed E-state index contributed by atoms with van der Waals surface area (Å²) in [5, 5.41) is 53.1. The number of hydrogen-bond acceptors (Lipinski definition) is 13. The van der Waals surface area contributed by atoms with Crippen LogP contribution in [0.1, 0.15) is 65.2 Å². The summed E-state index contributed by atoms with van der Waals surface area (Å²) in [6, 6.07) is -7.44. The highest BCUT2D eigenvalue weighted by Gasteiger charge is 2.32. The van der Waals surface area contributed by atoms with Crippen molar-refractivity contribution in [3.05, 3.63) is 0 Å². The van der Waals surface area contributed by atoms with Gasteiger partial charge in [0.05, 0.1) is 12.1 Å². The molecule has 0 saturated carbocycles. The first-order valence-electron chi connectivity index (χ1n) is 16.8. The van der Waals surface area contributed by atoms with Crippen LogP contribution in [0.4, 0.5) is 0 Å². The molecule has 304 valence electrons. The van der Waals surface area contributed by atoms with Crippen LogP contribution in [-0.2, 0) is 52.7 Å². The molecule has 23 nitrogen and oxygen atoms in total. The fourth-order valence-electron chi connectivity index (χ4n) is 4.55. The van der Waals surface area contributed by atoms with Crippen molar-refractivity contribution in [1.29, 1.82) is 0 Å². The second-order valence-corrected chi connectivity index (χ2v) is 11.6. The van der Waals surface area contributed by atoms with Crippen molar-refractivity contribution in [1.82, 2.24) is 42.1 Å². The fraction of sp³-hybridized carbons (Fsp3) is 0.645. The Labute approximate surface area is 309 Å². The molecule has 11 N–H and O–H groups in total. The van der Waals surface area contributed by atoms with Gasteiger partial charge in [0.1, 0.15) is 24.7 Å². The molecule has 0 spiro atoms. The average Bonchev–Trinajstić information content (AvgIpc) is 3.11. The van der Waals surface area contributed by atoms with Crippen molar-refractivity contribution in [3.63, 3.8) is 0 Å². The van der Waals surface area contributed by atoms with E-state index < -0.39 is 141 Å². The van der Waals surface area contributed by atoms with Gasteiger partial charge in [0, 0.05) is 45.2 Å². The smallest absolute Gasteiger partial charge is 0.328 e. The number of carbonyl (C=O) groups excluding carboxylic acids is 7. The standard InChI is InChI=1S/C31H50N8O15/c1-5-22(41)39(23(42)6-2)15-21(40)34-13-19(37-28(50)16(32-3)7-10-24(43)44)30(52)36-18(9-12-26(47)48)27(49)35-14-20(31(53)54)38-29(51)17(33-4)8-11-25(45)46/h16-20,32-33H,5-15H2,1-4H3,(H,34,40)(H,35,49)(H,36,52)(H,37,50)(H,38,51)(H,43,44)(H,45,46)(H,47,48)(H,53,54)/t16-,17-,18?,19-,20?/m0/s1. The summed E-state index contributed by atoms with van der Waals surface area (Å²) in [4.78, 5) is 135. The van der Waals surface area contributed by atoms with E-state index in [1.807, 2.05) is 0 Å². The molecule has 7 amide bonds. The van der Waals surface area contributed by atoms with Gasteiger partial charge in [-0.05, 0) is 33.4 Å². The van der Waals surface area contributed by atoms with E-state index in [0.717, 1.165) is 0 Å². The number of rotatable bonds is 27. The van der Waals surface area contributed by atoms with Crippen molar-refractivity contribution >= 4 is 65.2 Å². The highest BCUT2D eigenvalue weighted by molar-refractivity contribution is 5.99. The third kappa shape index (κ3) is 18.7. The van der Waals surface area contributed by atoms with Gasteiger partial charge in [-0.1, -0.05) is 13.8 Å². The molecule has 23 heteroatoms. The first kappa shape index (κ1) is 48.3. The number of carboxylic acids is 4. The number of imide groups is 1. The van der Waals surface area contributed by atoms with E-state index in [1.54, 1.807) is 0 Å². The van der Waals surface area contributed by atoms with E-state index in [0.29, 0.717) is 4.90 Å². The summed E-state index contributed by atoms with van der Waals surface area (Å²) in [6.07, 6.45) is -2.77. The number of hydrogen-bond donors (Lipinski definition) is 11. The summed E-state index contributed by atoms with van der Waals surface area (Å²) in [6.45, 7) is 0.720. The van der Waals surface area contributed by atoms with Crippen LogP contribution in [0.5, 0.6) is 0 Å². The molecule has 0 aromatic rings. The van der Waals surface area contributed by atoms with Crippen molar-refractivity contribution in [2.75, 3.05) is 33.7 Å². The van der Waals surface area contributed by atoms with E-state index in [1.165, 1.54) is 27.9 Å². The Morgan fingerprint density at radius 3 is 1.26 bits per heavy atom. The zero-order chi connectivity index (χ0) is 41.5. The Balaban J connectivity index is 6.20. The van der Waals surface area contributed by atoms with Gasteiger partial charge in [-0.15, -0.1) is 0 Å². The number of carboxylic acid groups (broad SMARTS) is 4. The van der Waals surface area contributed by atoms with Gasteiger partial charge < -0.3 is 57.6 Å². The first-order chi connectivity index (χ1) is 25.3. The number of carbonyl (C=O) groups is 11. The molecule has 0 bridgehead atoms. The lowest BCUT2D eigenvalue weighted by Crippen LogP contribution is -2.60. The van der Waals surface area contributed by atoms with E-state index in [2.05, 4.69) is 37.2 Å². The largest absolute Gasteiger partial charge is 0.481 e. The van der Waals surface area contributed by atoms with Gasteiger partial charge in [0.2, 0.25) is 41.4 Å². The van der Waals surface area contributed by atoms with E-state index >= 15 is 0 Å². The molecule has 0 fully saturated rings. The molecule has 0 rings (SSSR count). The van der Waals surface area contributed by atoms with E-state index in [-0.39, 0.29) is 25.7 Å². The normalized spacial score (nSPS) is 13.4. The summed E-state index contributed by atoms with van der Waals surface area (Å²) in [7, 11) is 2.67. The minimum Gasteiger partial charge on any atom is -0.481 e. The van der Waals surface area contributed by atoms with Crippen LogP contribution in [0, 0.1) is 0 Å². The fourth-order valence-corrected chi connectivity index (χ4v) is 4.55. The summed E-state index contributed by atoms with van der Waals surface area (Å²) >= 11 is 0. The van der Waals surface area contributed by atoms with Gasteiger partial charge in [0.25, 0.3) is 0 Å². The quantitative estimate of drug-likeness (QED) is 0.0376. The Bertz CT molecular complexity index is 1380. The minimum absolute atomic E-state index is 0.107. The molecular formula is C31H50N8O15. The summed E-state index contributed by atoms with van der Waals surface area (Å²) in [5.74, 6) is -11.8. The highest BCUT2D eigenvalue weighted by Crippen LogP contribution is 2.04. The van der Waals surface area contributed by atoms with E-state index in [4.69, 9.17) is 10.2 Å². The van der Waals surface area contributed by atoms with Gasteiger partial charge in [-0.2, -0.15) is 0 Å². The second kappa shape index (κ2) is 25.3. The molecular weight excluding hydrogens is 724 g/mol. The maximum atomic E-state index is 13.5. The molecule has 0 aromatic heterocycles. The van der Waals surface area contributed by atoms with Crippen LogP contribution in [0.3, 0.4) is 0 Å². The zero-order valence-corrected chi connectivity index (χ0v) is 30.4. The molecule has 0 aliphatic carbocycles. The van der Waals surface area contributed by atoms with Crippen molar-refractivity contribution in [2.45, 2.75) is 95.4 Å². The van der Waals surface area contributed by atoms with Gasteiger partial charge in [-0.25, -0.2) is 4.79 Å². The van der Waals surface area contributed by atoms with Crippen LogP contribution < -0.4 is 37.2 Å². The molecule has 0 aliphatic rings. The lowest BCUT2D eigenvalue weighted by atomic mass is 10.1. The molecule has 0 aromatic carbocycles. The molecule has 0 heterocycles. The molecule has 5 atom stereocenters. The molecule has 54 heavy (non-hydrogen) atoms. The third-order valence-corrected chi connectivity index (χ3v) is 7.64. The Morgan fingerprint density at radius 2 is 0.870 bits per heavy atom. The summed E-state index contributed by atoms with van der Waals surface area (Å²) < 4.78 is 0. The van der Waals surface area contributed by atoms with Crippen LogP contribution in [0.25, 0.3) is 0 Å². The second-order valence-electron chi connectivity index (χ2n) is 11.6. The Morgan fingerprint density at radius 1 is 0.500 bits per heavy atom. The Kier molecular flexibility index (Phi) is 22.6. The number of nitrogens with zero attached hydrogens (tertiary/aromatic N) is 1. The zero-order valence-electron chi connectivity index (χ0n) is 30.4. The molecule has 0 radical (unpaired) electrons. The number of amides is 7. The van der Waals surface area contributed by atoms with Gasteiger partial charge in [0.15, 0.2) is 0 Å². The molecule has 2 unspecified atom stereocenters. The number of aliphatic carboxylic acids is 4. The lowest BCUT2D eigenvalue weighted by Gasteiger charge is -2.26. The molecule has 0 saturated heterocycles. The van der Waals surface area contributed by atoms with Crippen molar-refractivity contribution in [2.24, 2.45) is 0 Å². The number of likely N-dealkylation sites (N-methyl/N-ethyl adjacent to an activating group) is 2. The monoisotopic (exact) mass is 774 g/mol. The minimum atomic E-state index is -1.76.